The van der Waals surface area contributed by atoms with Crippen LogP contribution in [0.4, 0.5) is 4.39 Å². The number of methoxy groups -OCH3 is 1. The quantitative estimate of drug-likeness (QED) is 0.364. The fourth-order valence-electron chi connectivity index (χ4n) is 4.36. The number of carbonyl (C=O) groups is 1. The molecule has 0 aliphatic heterocycles. The van der Waals surface area contributed by atoms with Crippen LogP contribution in [0.1, 0.15) is 21.7 Å². The number of nitrogens with one attached hydrogen (secondary N) is 1. The Hall–Kier alpha value is -3.86. The van der Waals surface area contributed by atoms with Crippen LogP contribution in [0, 0.1) is 12.7 Å². The van der Waals surface area contributed by atoms with E-state index in [1.807, 2.05) is 60.0 Å². The molecule has 5 rings (SSSR count). The van der Waals surface area contributed by atoms with E-state index in [0.29, 0.717) is 23.4 Å². The van der Waals surface area contributed by atoms with Gasteiger partial charge in [0.1, 0.15) is 11.5 Å². The largest absolute Gasteiger partial charge is 0.464 e. The van der Waals surface area contributed by atoms with Gasteiger partial charge in [-0.2, -0.15) is 0 Å². The summed E-state index contributed by atoms with van der Waals surface area (Å²) in [5, 5.41) is 1.79. The average Bonchev–Trinajstić information content (AvgIpc) is 3.31. The van der Waals surface area contributed by atoms with Gasteiger partial charge in [-0.1, -0.05) is 48.5 Å². The lowest BCUT2D eigenvalue weighted by molar-refractivity contribution is 0.0590. The predicted molar refractivity (Wildman–Crippen MR) is 121 cm³/mol. The first-order valence-electron chi connectivity index (χ1n) is 10.1. The second-order valence-corrected chi connectivity index (χ2v) is 7.64. The lowest BCUT2D eigenvalue weighted by Gasteiger charge is -2.11. The minimum absolute atomic E-state index is 0.345. The Kier molecular flexibility index (Phi) is 4.59. The highest BCUT2D eigenvalue weighted by atomic mass is 19.1. The first-order chi connectivity index (χ1) is 15.1. The minimum Gasteiger partial charge on any atom is -0.464 e. The van der Waals surface area contributed by atoms with Gasteiger partial charge in [0.2, 0.25) is 0 Å². The Balaban J connectivity index is 1.95. The van der Waals surface area contributed by atoms with Crippen molar-refractivity contribution in [1.29, 1.82) is 0 Å². The molecule has 5 aromatic rings. The number of aryl methyl sites for hydroxylation is 1. The van der Waals surface area contributed by atoms with E-state index >= 15 is 4.39 Å². The summed E-state index contributed by atoms with van der Waals surface area (Å²) in [4.78, 5) is 16.4. The Morgan fingerprint density at radius 3 is 2.52 bits per heavy atom. The van der Waals surface area contributed by atoms with Crippen molar-refractivity contribution < 1.29 is 13.9 Å². The molecule has 5 heteroatoms. The zero-order valence-corrected chi connectivity index (χ0v) is 17.3. The first kappa shape index (κ1) is 19.1. The Morgan fingerprint density at radius 1 is 1.03 bits per heavy atom. The molecule has 0 aliphatic carbocycles. The maximum atomic E-state index is 15.0. The third-order valence-corrected chi connectivity index (χ3v) is 5.67. The third kappa shape index (κ3) is 3.10. The van der Waals surface area contributed by atoms with Crippen LogP contribution < -0.4 is 0 Å². The van der Waals surface area contributed by atoms with Crippen LogP contribution in [0.15, 0.2) is 72.8 Å². The second-order valence-electron chi connectivity index (χ2n) is 7.64. The molecule has 0 spiro atoms. The smallest absolute Gasteiger partial charge is 0.355 e. The summed E-state index contributed by atoms with van der Waals surface area (Å²) >= 11 is 0. The highest BCUT2D eigenvalue weighted by Gasteiger charge is 2.27. The highest BCUT2D eigenvalue weighted by Crippen LogP contribution is 2.41. The van der Waals surface area contributed by atoms with E-state index in [2.05, 4.69) is 4.98 Å². The number of hydrogen-bond acceptors (Lipinski definition) is 2. The molecule has 2 heterocycles. The van der Waals surface area contributed by atoms with Crippen LogP contribution in [-0.2, 0) is 11.3 Å². The molecule has 2 aromatic heterocycles. The van der Waals surface area contributed by atoms with Gasteiger partial charge in [-0.05, 0) is 36.8 Å². The molecule has 1 N–H and O–H groups in total. The van der Waals surface area contributed by atoms with E-state index in [0.717, 1.165) is 33.1 Å². The molecule has 154 valence electrons. The predicted octanol–water partition coefficient (Wildman–Crippen LogP) is 6.07. The maximum absolute atomic E-state index is 15.0. The van der Waals surface area contributed by atoms with Crippen molar-refractivity contribution >= 4 is 27.8 Å². The molecule has 0 unspecified atom stereocenters. The molecular formula is C26H21FN2O2. The van der Waals surface area contributed by atoms with Gasteiger partial charge < -0.3 is 14.3 Å². The van der Waals surface area contributed by atoms with Crippen LogP contribution in [0.3, 0.4) is 0 Å². The van der Waals surface area contributed by atoms with Crippen LogP contribution >= 0.6 is 0 Å². The summed E-state index contributed by atoms with van der Waals surface area (Å²) in [5.74, 6) is -0.874. The standard InChI is InChI=1S/C26H21FN2O2/c1-16-14-19-21(28-16)12-13-22-23(19)24(18-10-6-7-11-20(18)27)25(26(30)31-2)29(22)15-17-8-4-3-5-9-17/h3-14,28H,15H2,1-2H3. The fraction of sp³-hybridized carbons (Fsp3) is 0.115. The highest BCUT2D eigenvalue weighted by molar-refractivity contribution is 6.18. The van der Waals surface area contributed by atoms with E-state index in [1.165, 1.54) is 13.2 Å². The van der Waals surface area contributed by atoms with Crippen molar-refractivity contribution in [3.63, 3.8) is 0 Å². The summed E-state index contributed by atoms with van der Waals surface area (Å²) in [7, 11) is 1.36. The van der Waals surface area contributed by atoms with E-state index in [9.17, 15) is 4.79 Å². The number of rotatable bonds is 4. The van der Waals surface area contributed by atoms with Crippen molar-refractivity contribution in [2.24, 2.45) is 0 Å². The number of esters is 1. The van der Waals surface area contributed by atoms with Gasteiger partial charge in [-0.15, -0.1) is 0 Å². The molecule has 0 saturated heterocycles. The maximum Gasteiger partial charge on any atom is 0.355 e. The Morgan fingerprint density at radius 2 is 1.77 bits per heavy atom. The summed E-state index contributed by atoms with van der Waals surface area (Å²) < 4.78 is 22.1. The number of fused-ring (bicyclic) bond motifs is 3. The van der Waals surface area contributed by atoms with Crippen molar-refractivity contribution in [2.45, 2.75) is 13.5 Å². The number of aromatic amines is 1. The molecular weight excluding hydrogens is 391 g/mol. The third-order valence-electron chi connectivity index (χ3n) is 5.67. The zero-order valence-electron chi connectivity index (χ0n) is 17.3. The molecule has 0 saturated carbocycles. The van der Waals surface area contributed by atoms with Gasteiger partial charge in [0, 0.05) is 39.7 Å². The Bertz CT molecular complexity index is 1430. The van der Waals surface area contributed by atoms with Gasteiger partial charge in [-0.3, -0.25) is 0 Å². The molecule has 0 atom stereocenters. The molecule has 0 fully saturated rings. The lowest BCUT2D eigenvalue weighted by atomic mass is 9.99. The number of halogens is 1. The van der Waals surface area contributed by atoms with Gasteiger partial charge >= 0.3 is 5.97 Å². The molecule has 0 amide bonds. The van der Waals surface area contributed by atoms with E-state index < -0.39 is 5.97 Å². The fourth-order valence-corrected chi connectivity index (χ4v) is 4.36. The van der Waals surface area contributed by atoms with Gasteiger partial charge in [-0.25, -0.2) is 9.18 Å². The minimum atomic E-state index is -0.495. The van der Waals surface area contributed by atoms with Crippen molar-refractivity contribution in [1.82, 2.24) is 9.55 Å². The van der Waals surface area contributed by atoms with E-state index in [4.69, 9.17) is 4.74 Å². The molecule has 4 nitrogen and oxygen atoms in total. The van der Waals surface area contributed by atoms with Crippen LogP contribution in [0.5, 0.6) is 0 Å². The van der Waals surface area contributed by atoms with Crippen molar-refractivity contribution in [2.75, 3.05) is 7.11 Å². The summed E-state index contributed by atoms with van der Waals surface area (Å²) in [6, 6.07) is 22.5. The average molecular weight is 412 g/mol. The van der Waals surface area contributed by atoms with Crippen LogP contribution in [0.2, 0.25) is 0 Å². The number of ether oxygens (including phenoxy) is 1. The van der Waals surface area contributed by atoms with Crippen molar-refractivity contribution in [3.05, 3.63) is 95.6 Å². The topological polar surface area (TPSA) is 47.0 Å². The molecule has 3 aromatic carbocycles. The molecule has 0 aliphatic rings. The van der Waals surface area contributed by atoms with Gasteiger partial charge in [0.15, 0.2) is 0 Å². The molecule has 31 heavy (non-hydrogen) atoms. The van der Waals surface area contributed by atoms with Gasteiger partial charge in [0.05, 0.1) is 12.6 Å². The van der Waals surface area contributed by atoms with Gasteiger partial charge in [0.25, 0.3) is 0 Å². The number of hydrogen-bond donors (Lipinski definition) is 1. The number of H-pyrrole nitrogens is 1. The summed E-state index contributed by atoms with van der Waals surface area (Å²) in [6.07, 6.45) is 0. The normalized spacial score (nSPS) is 11.3. The number of aromatic nitrogens is 2. The molecule has 0 bridgehead atoms. The van der Waals surface area contributed by atoms with Crippen LogP contribution in [0.25, 0.3) is 32.9 Å². The number of carbonyl (C=O) groups excluding carboxylic acids is 1. The Labute approximate surface area is 178 Å². The monoisotopic (exact) mass is 412 g/mol. The van der Waals surface area contributed by atoms with E-state index in [-0.39, 0.29) is 5.82 Å². The van der Waals surface area contributed by atoms with Crippen LogP contribution in [-0.4, -0.2) is 22.6 Å². The lowest BCUT2D eigenvalue weighted by Crippen LogP contribution is -2.12. The van der Waals surface area contributed by atoms with Crippen molar-refractivity contribution in [3.8, 4) is 11.1 Å². The number of nitrogens with zero attached hydrogens (tertiary/aromatic N) is 1. The first-order valence-corrected chi connectivity index (χ1v) is 10.1. The summed E-state index contributed by atoms with van der Waals surface area (Å²) in [5.41, 5.74) is 5.11. The SMILES string of the molecule is COC(=O)c1c(-c2ccccc2F)c2c3cc(C)[nH]c3ccc2n1Cc1ccccc1. The molecule has 0 radical (unpaired) electrons. The second kappa shape index (κ2) is 7.43. The number of benzene rings is 3. The van der Waals surface area contributed by atoms with E-state index in [1.54, 1.807) is 18.2 Å². The summed E-state index contributed by atoms with van der Waals surface area (Å²) in [6.45, 7) is 2.45. The zero-order chi connectivity index (χ0) is 21.5.